The molecule has 11 heteroatoms. The summed E-state index contributed by atoms with van der Waals surface area (Å²) in [6.45, 7) is 6.05. The number of anilines is 2. The fourth-order valence-electron chi connectivity index (χ4n) is 4.05. The van der Waals surface area contributed by atoms with Crippen LogP contribution in [-0.2, 0) is 10.7 Å². The average Bonchev–Trinajstić information content (AvgIpc) is 3.54. The van der Waals surface area contributed by atoms with Gasteiger partial charge in [-0.3, -0.25) is 0 Å². The van der Waals surface area contributed by atoms with Crippen molar-refractivity contribution in [1.29, 1.82) is 0 Å². The molecule has 3 atom stereocenters. The van der Waals surface area contributed by atoms with Crippen molar-refractivity contribution >= 4 is 22.4 Å². The topological polar surface area (TPSA) is 112 Å². The Kier molecular flexibility index (Phi) is 7.62. The van der Waals surface area contributed by atoms with E-state index in [0.717, 1.165) is 19.9 Å². The number of alkyl halides is 3. The largest absolute Gasteiger partial charge is 0.493 e. The van der Waals surface area contributed by atoms with Gasteiger partial charge in [-0.05, 0) is 57.5 Å². The highest BCUT2D eigenvalue weighted by Gasteiger charge is 2.47. The molecular weight excluding hydrogens is 501 g/mol. The lowest BCUT2D eigenvalue weighted by molar-refractivity contribution is -0.168. The predicted octanol–water partition coefficient (Wildman–Crippen LogP) is 5.07. The molecule has 206 valence electrons. The predicted molar refractivity (Wildman–Crippen MR) is 139 cm³/mol. The van der Waals surface area contributed by atoms with Crippen LogP contribution < -0.4 is 20.5 Å². The highest BCUT2D eigenvalue weighted by atomic mass is 19.3. The van der Waals surface area contributed by atoms with Gasteiger partial charge >= 0.3 is 5.92 Å². The van der Waals surface area contributed by atoms with Gasteiger partial charge in [-0.2, -0.15) is 8.78 Å². The number of nitrogen functional groups attached to an aromatic ring is 1. The van der Waals surface area contributed by atoms with E-state index in [-0.39, 0.29) is 30.6 Å². The van der Waals surface area contributed by atoms with Gasteiger partial charge in [-0.15, -0.1) is 0 Å². The molecule has 8 nitrogen and oxygen atoms in total. The number of methoxy groups -OCH3 is 1. The number of aliphatic hydroxyl groups is 1. The Bertz CT molecular complexity index is 1320. The first kappa shape index (κ1) is 27.7. The minimum absolute atomic E-state index is 0.145. The number of fused-ring (bicyclic) bond motifs is 1. The summed E-state index contributed by atoms with van der Waals surface area (Å²) >= 11 is 0. The lowest BCUT2D eigenvalue weighted by Gasteiger charge is -2.30. The van der Waals surface area contributed by atoms with Crippen LogP contribution in [0.5, 0.6) is 11.5 Å². The molecule has 0 aliphatic heterocycles. The van der Waals surface area contributed by atoms with Crippen LogP contribution in [-0.4, -0.2) is 53.3 Å². The molecule has 2 unspecified atom stereocenters. The van der Waals surface area contributed by atoms with Gasteiger partial charge in [0, 0.05) is 29.1 Å². The Morgan fingerprint density at radius 1 is 1.13 bits per heavy atom. The van der Waals surface area contributed by atoms with Crippen molar-refractivity contribution in [3.05, 3.63) is 47.3 Å². The van der Waals surface area contributed by atoms with Crippen LogP contribution >= 0.6 is 0 Å². The van der Waals surface area contributed by atoms with E-state index in [1.165, 1.54) is 13.2 Å². The fraction of sp³-hybridized carbons (Fsp3) is 0.481. The minimum atomic E-state index is -3.52. The summed E-state index contributed by atoms with van der Waals surface area (Å²) in [5.74, 6) is -1.69. The first-order valence-corrected chi connectivity index (χ1v) is 12.3. The Labute approximate surface area is 219 Å². The molecule has 4 N–H and O–H groups in total. The molecule has 1 aliphatic rings. The van der Waals surface area contributed by atoms with Crippen molar-refractivity contribution < 1.29 is 32.5 Å². The maximum Gasteiger partial charge on any atom is 0.300 e. The van der Waals surface area contributed by atoms with E-state index in [1.54, 1.807) is 32.0 Å². The van der Waals surface area contributed by atoms with Crippen LogP contribution in [0.2, 0.25) is 0 Å². The van der Waals surface area contributed by atoms with E-state index < -0.39 is 23.7 Å². The molecule has 2 aromatic carbocycles. The standard InChI is InChI=1S/C27H33F3N4O4/c1-14(16-8-17(10-18(31)9-16)27(29,30)26(3,4)35)32-25-19-11-24(38-7-6-37-22-12-20(22)28)23(36-5)13-21(19)33-15(2)34-25/h8-11,13-14,20,22,35H,6-7,12,31H2,1-5H3,(H,32,33,34)/t14-,20?,22?/m1/s1. The third-order valence-corrected chi connectivity index (χ3v) is 6.39. The molecule has 1 saturated carbocycles. The molecule has 0 radical (unpaired) electrons. The highest BCUT2D eigenvalue weighted by Crippen LogP contribution is 2.41. The van der Waals surface area contributed by atoms with Crippen molar-refractivity contribution in [2.24, 2.45) is 0 Å². The molecule has 1 aromatic heterocycles. The van der Waals surface area contributed by atoms with Crippen molar-refractivity contribution in [2.45, 2.75) is 64.0 Å². The second kappa shape index (κ2) is 10.5. The van der Waals surface area contributed by atoms with Crippen LogP contribution in [0.1, 0.15) is 50.2 Å². The van der Waals surface area contributed by atoms with Gasteiger partial charge in [0.2, 0.25) is 0 Å². The number of halogens is 3. The first-order valence-electron chi connectivity index (χ1n) is 12.3. The summed E-state index contributed by atoms with van der Waals surface area (Å²) in [4.78, 5) is 9.02. The van der Waals surface area contributed by atoms with Gasteiger partial charge < -0.3 is 30.4 Å². The number of nitrogens with zero attached hydrogens (tertiary/aromatic N) is 2. The average molecular weight is 535 g/mol. The van der Waals surface area contributed by atoms with Gasteiger partial charge in [-0.25, -0.2) is 14.4 Å². The number of aromatic nitrogens is 2. The quantitative estimate of drug-likeness (QED) is 0.231. The zero-order valence-corrected chi connectivity index (χ0v) is 22.0. The third kappa shape index (κ3) is 5.88. The maximum atomic E-state index is 14.9. The molecule has 1 heterocycles. The molecule has 0 saturated heterocycles. The monoisotopic (exact) mass is 534 g/mol. The van der Waals surface area contributed by atoms with E-state index in [9.17, 15) is 18.3 Å². The van der Waals surface area contributed by atoms with Crippen LogP contribution in [0.3, 0.4) is 0 Å². The summed E-state index contributed by atoms with van der Waals surface area (Å²) in [6, 6.07) is 7.04. The van der Waals surface area contributed by atoms with E-state index in [2.05, 4.69) is 15.3 Å². The lowest BCUT2D eigenvalue weighted by atomic mass is 9.91. The Hall–Kier alpha value is -3.31. The van der Waals surface area contributed by atoms with E-state index in [0.29, 0.717) is 46.0 Å². The van der Waals surface area contributed by atoms with Crippen molar-refractivity contribution in [1.82, 2.24) is 9.97 Å². The van der Waals surface area contributed by atoms with E-state index >= 15 is 0 Å². The SMILES string of the molecule is COc1cc2nc(C)nc(N[C@H](C)c3cc(N)cc(C(F)(F)C(C)(C)O)c3)c2cc1OCCOC1CC1F. The van der Waals surface area contributed by atoms with Crippen molar-refractivity contribution in [3.8, 4) is 11.5 Å². The number of rotatable bonds is 11. The Balaban J connectivity index is 1.62. The summed E-state index contributed by atoms with van der Waals surface area (Å²) < 4.78 is 59.5. The molecule has 38 heavy (non-hydrogen) atoms. The van der Waals surface area contributed by atoms with Crippen molar-refractivity contribution in [3.63, 3.8) is 0 Å². The second-order valence-corrected chi connectivity index (χ2v) is 10.0. The second-order valence-electron chi connectivity index (χ2n) is 10.0. The number of ether oxygens (including phenoxy) is 3. The molecule has 0 bridgehead atoms. The molecule has 1 fully saturated rings. The molecular formula is C27H33F3N4O4. The zero-order chi connectivity index (χ0) is 27.8. The van der Waals surface area contributed by atoms with Gasteiger partial charge in [0.05, 0.1) is 31.4 Å². The number of nitrogens with two attached hydrogens (primary N) is 1. The fourth-order valence-corrected chi connectivity index (χ4v) is 4.05. The molecule has 1 aliphatic carbocycles. The molecule has 3 aromatic rings. The van der Waals surface area contributed by atoms with Crippen LogP contribution in [0.15, 0.2) is 30.3 Å². The van der Waals surface area contributed by atoms with Gasteiger partial charge in [0.25, 0.3) is 0 Å². The van der Waals surface area contributed by atoms with Gasteiger partial charge in [-0.1, -0.05) is 0 Å². The number of hydrogen-bond donors (Lipinski definition) is 3. The summed E-state index contributed by atoms with van der Waals surface area (Å²) in [7, 11) is 1.51. The molecule has 0 spiro atoms. The number of hydrogen-bond acceptors (Lipinski definition) is 8. The summed E-state index contributed by atoms with van der Waals surface area (Å²) in [5, 5.41) is 13.9. The van der Waals surface area contributed by atoms with Crippen molar-refractivity contribution in [2.75, 3.05) is 31.4 Å². The summed E-state index contributed by atoms with van der Waals surface area (Å²) in [5.41, 5.74) is 4.52. The number of benzene rings is 2. The third-order valence-electron chi connectivity index (χ3n) is 6.39. The van der Waals surface area contributed by atoms with Crippen LogP contribution in [0, 0.1) is 6.92 Å². The Morgan fingerprint density at radius 3 is 2.47 bits per heavy atom. The molecule has 0 amide bonds. The highest BCUT2D eigenvalue weighted by molar-refractivity contribution is 5.92. The van der Waals surface area contributed by atoms with E-state index in [1.807, 2.05) is 0 Å². The minimum Gasteiger partial charge on any atom is -0.493 e. The zero-order valence-electron chi connectivity index (χ0n) is 22.0. The number of nitrogens with one attached hydrogen (secondary N) is 1. The molecule has 4 rings (SSSR count). The smallest absolute Gasteiger partial charge is 0.300 e. The maximum absolute atomic E-state index is 14.9. The van der Waals surface area contributed by atoms with Crippen LogP contribution in [0.25, 0.3) is 10.9 Å². The Morgan fingerprint density at radius 2 is 1.84 bits per heavy atom. The lowest BCUT2D eigenvalue weighted by Crippen LogP contribution is -2.40. The first-order chi connectivity index (χ1) is 17.8. The number of aryl methyl sites for hydroxylation is 1. The summed E-state index contributed by atoms with van der Waals surface area (Å²) in [6.07, 6.45) is -0.854. The van der Waals surface area contributed by atoms with Gasteiger partial charge in [0.15, 0.2) is 11.5 Å². The normalized spacial score (nSPS) is 18.3. The van der Waals surface area contributed by atoms with Crippen LogP contribution in [0.4, 0.5) is 24.7 Å². The van der Waals surface area contributed by atoms with E-state index in [4.69, 9.17) is 19.9 Å². The van der Waals surface area contributed by atoms with Gasteiger partial charge in [0.1, 0.15) is 30.0 Å².